The number of aliphatic imine (C=N–C) groups is 1. The van der Waals surface area contributed by atoms with Crippen LogP contribution < -0.4 is 0 Å². The van der Waals surface area contributed by atoms with E-state index in [1.165, 1.54) is 12.1 Å². The minimum absolute atomic E-state index is 0.0216. The van der Waals surface area contributed by atoms with Gasteiger partial charge in [0.15, 0.2) is 0 Å². The lowest BCUT2D eigenvalue weighted by Crippen LogP contribution is -2.02. The van der Waals surface area contributed by atoms with Crippen molar-refractivity contribution in [1.29, 1.82) is 0 Å². The molecule has 0 unspecified atom stereocenters. The first-order chi connectivity index (χ1) is 11.3. The first-order valence-corrected chi connectivity index (χ1v) is 7.14. The molecule has 0 N–H and O–H groups in total. The molecule has 3 aromatic carbocycles. The molecule has 0 aliphatic carbocycles. The predicted octanol–water partition coefficient (Wildman–Crippen LogP) is 5.55. The van der Waals surface area contributed by atoms with Gasteiger partial charge < -0.3 is 0 Å². The SMILES string of the molecule is [C-]#[N+]c1cc(N=C(c2ccccc2)c2ccccc2)ccc1F. The zero-order chi connectivity index (χ0) is 16.1. The fourth-order valence-electron chi connectivity index (χ4n) is 2.27. The molecule has 0 spiro atoms. The van der Waals surface area contributed by atoms with Gasteiger partial charge in [-0.05, 0) is 18.2 Å². The van der Waals surface area contributed by atoms with Gasteiger partial charge in [0, 0.05) is 11.1 Å². The molecule has 0 bridgehead atoms. The van der Waals surface area contributed by atoms with Gasteiger partial charge in [0.05, 0.1) is 18.0 Å². The third kappa shape index (κ3) is 3.33. The topological polar surface area (TPSA) is 16.7 Å². The molecule has 0 fully saturated rings. The van der Waals surface area contributed by atoms with Crippen LogP contribution in [-0.4, -0.2) is 5.71 Å². The number of benzene rings is 3. The van der Waals surface area contributed by atoms with Crippen molar-refractivity contribution in [2.75, 3.05) is 0 Å². The van der Waals surface area contributed by atoms with E-state index in [4.69, 9.17) is 6.57 Å². The van der Waals surface area contributed by atoms with Crippen LogP contribution in [0.15, 0.2) is 83.9 Å². The molecule has 23 heavy (non-hydrogen) atoms. The Labute approximate surface area is 134 Å². The van der Waals surface area contributed by atoms with Crippen molar-refractivity contribution in [3.05, 3.63) is 107 Å². The first kappa shape index (κ1) is 14.7. The second-order valence-corrected chi connectivity index (χ2v) is 4.94. The van der Waals surface area contributed by atoms with Crippen molar-refractivity contribution in [2.45, 2.75) is 0 Å². The Morgan fingerprint density at radius 3 is 1.91 bits per heavy atom. The Bertz CT molecular complexity index is 837. The van der Waals surface area contributed by atoms with E-state index in [1.807, 2.05) is 60.7 Å². The number of halogens is 1. The van der Waals surface area contributed by atoms with Gasteiger partial charge in [0.1, 0.15) is 5.82 Å². The lowest BCUT2D eigenvalue weighted by atomic mass is 10.0. The van der Waals surface area contributed by atoms with Crippen molar-refractivity contribution < 1.29 is 4.39 Å². The van der Waals surface area contributed by atoms with Crippen LogP contribution in [0, 0.1) is 12.4 Å². The highest BCUT2D eigenvalue weighted by Gasteiger charge is 2.08. The van der Waals surface area contributed by atoms with Gasteiger partial charge in [0.2, 0.25) is 5.69 Å². The van der Waals surface area contributed by atoms with Gasteiger partial charge in [-0.15, -0.1) is 0 Å². The van der Waals surface area contributed by atoms with Crippen LogP contribution in [0.4, 0.5) is 15.8 Å². The van der Waals surface area contributed by atoms with Crippen molar-refractivity contribution in [3.8, 4) is 0 Å². The Balaban J connectivity index is 2.15. The molecule has 0 saturated heterocycles. The van der Waals surface area contributed by atoms with E-state index < -0.39 is 5.82 Å². The van der Waals surface area contributed by atoms with Gasteiger partial charge in [-0.2, -0.15) is 0 Å². The van der Waals surface area contributed by atoms with E-state index in [0.29, 0.717) is 5.69 Å². The molecule has 0 radical (unpaired) electrons. The lowest BCUT2D eigenvalue weighted by molar-refractivity contribution is 0.634. The van der Waals surface area contributed by atoms with E-state index in [1.54, 1.807) is 6.07 Å². The van der Waals surface area contributed by atoms with E-state index in [2.05, 4.69) is 9.84 Å². The Morgan fingerprint density at radius 2 is 1.39 bits per heavy atom. The van der Waals surface area contributed by atoms with E-state index in [-0.39, 0.29) is 5.69 Å². The molecule has 0 heterocycles. The van der Waals surface area contributed by atoms with Crippen LogP contribution in [-0.2, 0) is 0 Å². The predicted molar refractivity (Wildman–Crippen MR) is 90.8 cm³/mol. The Hall–Kier alpha value is -3.25. The highest BCUT2D eigenvalue weighted by atomic mass is 19.1. The van der Waals surface area contributed by atoms with Crippen molar-refractivity contribution in [3.63, 3.8) is 0 Å². The second kappa shape index (κ2) is 6.67. The van der Waals surface area contributed by atoms with Crippen LogP contribution >= 0.6 is 0 Å². The molecule has 110 valence electrons. The number of hydrogen-bond acceptors (Lipinski definition) is 1. The maximum absolute atomic E-state index is 13.5. The summed E-state index contributed by atoms with van der Waals surface area (Å²) in [7, 11) is 0. The lowest BCUT2D eigenvalue weighted by Gasteiger charge is -2.08. The summed E-state index contributed by atoms with van der Waals surface area (Å²) in [6.07, 6.45) is 0. The summed E-state index contributed by atoms with van der Waals surface area (Å²) in [5.74, 6) is -0.528. The Kier molecular flexibility index (Phi) is 4.26. The second-order valence-electron chi connectivity index (χ2n) is 4.94. The van der Waals surface area contributed by atoms with Crippen LogP contribution in [0.25, 0.3) is 4.85 Å². The summed E-state index contributed by atoms with van der Waals surface area (Å²) in [5, 5.41) is 0. The molecule has 0 aliphatic heterocycles. The maximum Gasteiger partial charge on any atom is 0.224 e. The number of rotatable bonds is 3. The molecule has 0 amide bonds. The normalized spacial score (nSPS) is 9.91. The summed E-state index contributed by atoms with van der Waals surface area (Å²) < 4.78 is 13.5. The number of hydrogen-bond donors (Lipinski definition) is 0. The van der Waals surface area contributed by atoms with Gasteiger partial charge in [0.25, 0.3) is 0 Å². The summed E-state index contributed by atoms with van der Waals surface area (Å²) in [5.41, 5.74) is 3.25. The molecular weight excluding hydrogens is 287 g/mol. The van der Waals surface area contributed by atoms with E-state index >= 15 is 0 Å². The molecule has 0 aliphatic rings. The largest absolute Gasteiger partial charge is 0.249 e. The number of nitrogens with zero attached hydrogens (tertiary/aromatic N) is 2. The fraction of sp³-hybridized carbons (Fsp3) is 0. The zero-order valence-corrected chi connectivity index (χ0v) is 12.3. The molecular formula is C20H13FN2. The van der Waals surface area contributed by atoms with Gasteiger partial charge in [-0.1, -0.05) is 60.7 Å². The summed E-state index contributed by atoms with van der Waals surface area (Å²) in [6.45, 7) is 7.03. The smallest absolute Gasteiger partial charge is 0.224 e. The molecule has 3 rings (SSSR count). The average Bonchev–Trinajstić information content (AvgIpc) is 2.62. The van der Waals surface area contributed by atoms with Crippen LogP contribution in [0.2, 0.25) is 0 Å². The molecule has 0 saturated carbocycles. The fourth-order valence-corrected chi connectivity index (χ4v) is 2.27. The quantitative estimate of drug-likeness (QED) is 0.446. The maximum atomic E-state index is 13.5. The van der Waals surface area contributed by atoms with Gasteiger partial charge >= 0.3 is 0 Å². The van der Waals surface area contributed by atoms with Crippen LogP contribution in [0.1, 0.15) is 11.1 Å². The molecule has 3 aromatic rings. The van der Waals surface area contributed by atoms with E-state index in [9.17, 15) is 4.39 Å². The molecule has 3 heteroatoms. The van der Waals surface area contributed by atoms with Gasteiger partial charge in [-0.3, -0.25) is 0 Å². The van der Waals surface area contributed by atoms with Crippen LogP contribution in [0.5, 0.6) is 0 Å². The third-order valence-corrected chi connectivity index (χ3v) is 3.39. The average molecular weight is 300 g/mol. The zero-order valence-electron chi connectivity index (χ0n) is 12.3. The monoisotopic (exact) mass is 300 g/mol. The highest BCUT2D eigenvalue weighted by molar-refractivity contribution is 6.13. The molecule has 0 atom stereocenters. The molecule has 0 aromatic heterocycles. The Morgan fingerprint density at radius 1 is 0.826 bits per heavy atom. The summed E-state index contributed by atoms with van der Waals surface area (Å²) >= 11 is 0. The highest BCUT2D eigenvalue weighted by Crippen LogP contribution is 2.26. The van der Waals surface area contributed by atoms with Crippen molar-refractivity contribution >= 4 is 17.1 Å². The summed E-state index contributed by atoms with van der Waals surface area (Å²) in [4.78, 5) is 7.84. The first-order valence-electron chi connectivity index (χ1n) is 7.14. The minimum Gasteiger partial charge on any atom is -0.249 e. The van der Waals surface area contributed by atoms with Gasteiger partial charge in [-0.25, -0.2) is 14.2 Å². The van der Waals surface area contributed by atoms with Crippen LogP contribution in [0.3, 0.4) is 0 Å². The standard InChI is InChI=1S/C20H13FN2/c1-22-19-14-17(12-13-18(19)21)23-20(15-8-4-2-5-9-15)16-10-6-3-7-11-16/h2-14H. The van der Waals surface area contributed by atoms with Crippen molar-refractivity contribution in [2.24, 2.45) is 4.99 Å². The third-order valence-electron chi connectivity index (χ3n) is 3.39. The minimum atomic E-state index is -0.528. The summed E-state index contributed by atoms with van der Waals surface area (Å²) in [6, 6.07) is 23.9. The van der Waals surface area contributed by atoms with Crippen molar-refractivity contribution in [1.82, 2.24) is 0 Å². The molecule has 2 nitrogen and oxygen atoms in total. The van der Waals surface area contributed by atoms with E-state index in [0.717, 1.165) is 16.8 Å².